The maximum Gasteiger partial charge on any atom is 0.434 e. The average Bonchev–Trinajstić information content (AvgIpc) is 3.52. The van der Waals surface area contributed by atoms with Crippen molar-refractivity contribution >= 4 is 35.5 Å². The molecule has 0 saturated carbocycles. The number of amides is 5. The summed E-state index contributed by atoms with van der Waals surface area (Å²) in [4.78, 5) is 61.8. The second-order valence-electron chi connectivity index (χ2n) is 10.00. The van der Waals surface area contributed by atoms with Gasteiger partial charge in [0.25, 0.3) is 5.91 Å². The summed E-state index contributed by atoms with van der Waals surface area (Å²) >= 11 is 5.95. The fourth-order valence-electron chi connectivity index (χ4n) is 5.58. The van der Waals surface area contributed by atoms with Crippen LogP contribution in [0.25, 0.3) is 0 Å². The maximum absolute atomic E-state index is 13.1. The van der Waals surface area contributed by atoms with E-state index in [0.29, 0.717) is 37.2 Å². The van der Waals surface area contributed by atoms with E-state index in [1.54, 1.807) is 9.80 Å². The normalized spacial score (nSPS) is 24.9. The number of hydrogen-bond donors (Lipinski definition) is 1. The van der Waals surface area contributed by atoms with Crippen LogP contribution in [0.3, 0.4) is 0 Å². The molecule has 4 aliphatic heterocycles. The quantitative estimate of drug-likeness (QED) is 0.601. The highest BCUT2D eigenvalue weighted by molar-refractivity contribution is 6.30. The molecule has 1 N–H and O–H groups in total. The number of halogens is 1. The van der Waals surface area contributed by atoms with Crippen LogP contribution in [-0.2, 0) is 20.8 Å². The summed E-state index contributed by atoms with van der Waals surface area (Å²) in [6, 6.07) is 5.48. The molecule has 1 aromatic rings. The number of piperazine rings is 1. The molecule has 2 unspecified atom stereocenters. The number of piperidine rings is 1. The fraction of sp³-hybridized carbons (Fsp3) is 0.600. The summed E-state index contributed by atoms with van der Waals surface area (Å²) in [6.07, 6.45) is 4.79. The van der Waals surface area contributed by atoms with Gasteiger partial charge >= 0.3 is 12.1 Å². The van der Waals surface area contributed by atoms with Gasteiger partial charge in [-0.15, -0.1) is 0 Å². The number of nitrogens with zero attached hydrogens (tertiary/aromatic N) is 4. The van der Waals surface area contributed by atoms with Gasteiger partial charge in [0.05, 0.1) is 0 Å². The molecule has 2 atom stereocenters. The number of aryl methyl sites for hydroxylation is 1. The summed E-state index contributed by atoms with van der Waals surface area (Å²) in [5.41, 5.74) is 1.24. The molecule has 11 heteroatoms. The number of rotatable bonds is 5. The lowest BCUT2D eigenvalue weighted by Gasteiger charge is -2.36. The van der Waals surface area contributed by atoms with Crippen LogP contribution in [0.5, 0.6) is 0 Å². The third kappa shape index (κ3) is 5.01. The average molecular weight is 518 g/mol. The highest BCUT2D eigenvalue weighted by Crippen LogP contribution is 2.27. The Balaban J connectivity index is 1.14. The molecule has 5 amide bonds. The first kappa shape index (κ1) is 24.8. The Kier molecular flexibility index (Phi) is 7.34. The first-order chi connectivity index (χ1) is 17.4. The number of fused-ring (bicyclic) bond motifs is 1. The Hall–Kier alpha value is -2.85. The second kappa shape index (κ2) is 10.6. The standard InChI is InChI=1S/C25H32ClN5O5/c26-19-7-5-17(6-8-19)3-4-18-9-13-29(14-10-18)25(35)36-31-23(33)21-16-27-15-20(30(21)24(31)34)22(32)28-11-1-2-12-28/h5-8,18,20-21,27H,1-4,9-16H2. The number of nitrogens with one attached hydrogen (secondary N) is 1. The van der Waals surface area contributed by atoms with Crippen LogP contribution in [0, 0.1) is 5.92 Å². The minimum atomic E-state index is -0.853. The molecular weight excluding hydrogens is 486 g/mol. The molecule has 4 fully saturated rings. The summed E-state index contributed by atoms with van der Waals surface area (Å²) in [5, 5.41) is 4.36. The van der Waals surface area contributed by atoms with E-state index in [1.165, 1.54) is 10.5 Å². The Labute approximate surface area is 215 Å². The Morgan fingerprint density at radius 3 is 2.36 bits per heavy atom. The minimum Gasteiger partial charge on any atom is -0.341 e. The third-order valence-corrected chi connectivity index (χ3v) is 7.98. The Bertz CT molecular complexity index is 1010. The van der Waals surface area contributed by atoms with E-state index in [2.05, 4.69) is 5.32 Å². The minimum absolute atomic E-state index is 0.167. The van der Waals surface area contributed by atoms with Crippen LogP contribution in [0.4, 0.5) is 9.59 Å². The van der Waals surface area contributed by atoms with Gasteiger partial charge in [0.15, 0.2) is 0 Å². The van der Waals surface area contributed by atoms with Crippen molar-refractivity contribution in [3.63, 3.8) is 0 Å². The SMILES string of the molecule is O=C(ON1C(=O)C2CNCC(C(=O)N3CCCC3)N2C1=O)N1CCC(CCc2ccc(Cl)cc2)CC1. The van der Waals surface area contributed by atoms with Gasteiger partial charge in [-0.3, -0.25) is 14.5 Å². The molecule has 0 bridgehead atoms. The number of urea groups is 1. The first-order valence-electron chi connectivity index (χ1n) is 12.8. The molecule has 36 heavy (non-hydrogen) atoms. The number of benzene rings is 1. The summed E-state index contributed by atoms with van der Waals surface area (Å²) in [5.74, 6) is -0.297. The number of likely N-dealkylation sites (tertiary alicyclic amines) is 2. The molecule has 4 aliphatic rings. The van der Waals surface area contributed by atoms with Crippen LogP contribution in [0.1, 0.15) is 37.7 Å². The van der Waals surface area contributed by atoms with Crippen molar-refractivity contribution in [3.8, 4) is 0 Å². The van der Waals surface area contributed by atoms with Gasteiger partial charge in [0.2, 0.25) is 5.91 Å². The highest BCUT2D eigenvalue weighted by atomic mass is 35.5. The lowest BCUT2D eigenvalue weighted by atomic mass is 9.91. The fourth-order valence-corrected chi connectivity index (χ4v) is 5.70. The van der Waals surface area contributed by atoms with Crippen molar-refractivity contribution in [2.24, 2.45) is 5.92 Å². The van der Waals surface area contributed by atoms with Crippen molar-refractivity contribution in [2.45, 2.75) is 50.6 Å². The molecule has 0 spiro atoms. The second-order valence-corrected chi connectivity index (χ2v) is 10.4. The van der Waals surface area contributed by atoms with E-state index in [0.717, 1.165) is 43.5 Å². The van der Waals surface area contributed by atoms with E-state index in [9.17, 15) is 19.2 Å². The van der Waals surface area contributed by atoms with Gasteiger partial charge in [-0.05, 0) is 62.1 Å². The molecule has 5 rings (SSSR count). The van der Waals surface area contributed by atoms with Crippen LogP contribution >= 0.6 is 11.6 Å². The maximum atomic E-state index is 13.1. The third-order valence-electron chi connectivity index (χ3n) is 7.73. The van der Waals surface area contributed by atoms with Crippen LogP contribution in [0.15, 0.2) is 24.3 Å². The van der Waals surface area contributed by atoms with Crippen LogP contribution in [-0.4, -0.2) is 95.1 Å². The lowest BCUT2D eigenvalue weighted by molar-refractivity contribution is -0.152. The zero-order chi connectivity index (χ0) is 25.2. The zero-order valence-corrected chi connectivity index (χ0v) is 21.0. The van der Waals surface area contributed by atoms with E-state index < -0.39 is 30.1 Å². The number of hydrogen-bond acceptors (Lipinski definition) is 6. The topological polar surface area (TPSA) is 102 Å². The Morgan fingerprint density at radius 2 is 1.67 bits per heavy atom. The lowest BCUT2D eigenvalue weighted by Crippen LogP contribution is -2.62. The number of carbonyl (C=O) groups is 4. The molecule has 0 aromatic heterocycles. The van der Waals surface area contributed by atoms with Crippen molar-refractivity contribution in [2.75, 3.05) is 39.3 Å². The van der Waals surface area contributed by atoms with Gasteiger partial charge in [-0.25, -0.2) is 9.59 Å². The summed E-state index contributed by atoms with van der Waals surface area (Å²) in [6.45, 7) is 2.82. The molecule has 194 valence electrons. The van der Waals surface area contributed by atoms with Gasteiger partial charge in [-0.1, -0.05) is 28.8 Å². The number of hydroxylamine groups is 2. The predicted molar refractivity (Wildman–Crippen MR) is 131 cm³/mol. The zero-order valence-electron chi connectivity index (χ0n) is 20.2. The highest BCUT2D eigenvalue weighted by Gasteiger charge is 2.54. The summed E-state index contributed by atoms with van der Waals surface area (Å²) in [7, 11) is 0. The van der Waals surface area contributed by atoms with Crippen molar-refractivity contribution in [1.29, 1.82) is 0 Å². The number of imide groups is 1. The predicted octanol–water partition coefficient (Wildman–Crippen LogP) is 2.26. The molecular formula is C25H32ClN5O5. The molecule has 4 heterocycles. The molecule has 4 saturated heterocycles. The van der Waals surface area contributed by atoms with Crippen molar-refractivity contribution in [3.05, 3.63) is 34.9 Å². The first-order valence-corrected chi connectivity index (χ1v) is 13.2. The van der Waals surface area contributed by atoms with E-state index >= 15 is 0 Å². The largest absolute Gasteiger partial charge is 0.434 e. The monoisotopic (exact) mass is 517 g/mol. The van der Waals surface area contributed by atoms with Crippen LogP contribution < -0.4 is 5.32 Å². The van der Waals surface area contributed by atoms with Gasteiger partial charge in [-0.2, -0.15) is 0 Å². The molecule has 0 aliphatic carbocycles. The van der Waals surface area contributed by atoms with E-state index in [4.69, 9.17) is 16.4 Å². The Morgan fingerprint density at radius 1 is 0.972 bits per heavy atom. The van der Waals surface area contributed by atoms with Crippen molar-refractivity contribution < 1.29 is 24.0 Å². The molecule has 0 radical (unpaired) electrons. The molecule has 10 nitrogen and oxygen atoms in total. The number of carbonyl (C=O) groups excluding carboxylic acids is 4. The summed E-state index contributed by atoms with van der Waals surface area (Å²) < 4.78 is 0. The van der Waals surface area contributed by atoms with Gasteiger partial charge in [0, 0.05) is 44.3 Å². The van der Waals surface area contributed by atoms with Gasteiger partial charge in [0.1, 0.15) is 12.1 Å². The smallest absolute Gasteiger partial charge is 0.341 e. The van der Waals surface area contributed by atoms with E-state index in [-0.39, 0.29) is 19.0 Å². The van der Waals surface area contributed by atoms with Gasteiger partial charge < -0.3 is 20.0 Å². The van der Waals surface area contributed by atoms with Crippen LogP contribution in [0.2, 0.25) is 5.02 Å². The molecule has 1 aromatic carbocycles. The van der Waals surface area contributed by atoms with E-state index in [1.807, 2.05) is 24.3 Å². The van der Waals surface area contributed by atoms with Crippen molar-refractivity contribution in [1.82, 2.24) is 25.1 Å².